The predicted molar refractivity (Wildman–Crippen MR) is 106 cm³/mol. The van der Waals surface area contributed by atoms with Crippen LogP contribution >= 0.6 is 15.9 Å². The van der Waals surface area contributed by atoms with Crippen LogP contribution in [0.15, 0.2) is 47.1 Å². The van der Waals surface area contributed by atoms with E-state index in [9.17, 15) is 4.79 Å². The first-order chi connectivity index (χ1) is 13.1. The fraction of sp³-hybridized carbons (Fsp3) is 0.300. The van der Waals surface area contributed by atoms with E-state index in [1.54, 1.807) is 37.5 Å². The van der Waals surface area contributed by atoms with Crippen molar-refractivity contribution in [1.82, 2.24) is 9.88 Å². The lowest BCUT2D eigenvalue weighted by atomic mass is 10.2. The highest BCUT2D eigenvalue weighted by atomic mass is 79.9. The van der Waals surface area contributed by atoms with Crippen LogP contribution in [-0.4, -0.2) is 49.2 Å². The molecule has 142 valence electrons. The molecule has 0 saturated carbocycles. The predicted octanol–water partition coefficient (Wildman–Crippen LogP) is 3.55. The highest BCUT2D eigenvalue weighted by Crippen LogP contribution is 2.28. The van der Waals surface area contributed by atoms with Gasteiger partial charge in [-0.05, 0) is 45.8 Å². The minimum atomic E-state index is -0.0443. The second kappa shape index (κ2) is 8.90. The first-order valence-corrected chi connectivity index (χ1v) is 9.35. The fourth-order valence-electron chi connectivity index (χ4n) is 2.86. The Morgan fingerprint density at radius 1 is 1.22 bits per heavy atom. The Morgan fingerprint density at radius 2 is 2.04 bits per heavy atom. The number of carbonyl (C=O) groups is 1. The van der Waals surface area contributed by atoms with Crippen LogP contribution < -0.4 is 14.2 Å². The van der Waals surface area contributed by atoms with Gasteiger partial charge in [-0.25, -0.2) is 4.98 Å². The minimum absolute atomic E-state index is 0.0420. The van der Waals surface area contributed by atoms with Gasteiger partial charge in [0.15, 0.2) is 11.5 Å². The first kappa shape index (κ1) is 19.2. The third-order valence-corrected chi connectivity index (χ3v) is 4.74. The molecule has 27 heavy (non-hydrogen) atoms. The molecule has 2 heterocycles. The number of methoxy groups -OCH3 is 2. The van der Waals surface area contributed by atoms with Gasteiger partial charge in [-0.2, -0.15) is 0 Å². The molecule has 1 aromatic heterocycles. The summed E-state index contributed by atoms with van der Waals surface area (Å²) in [6.45, 7) is 1.21. The van der Waals surface area contributed by atoms with Gasteiger partial charge >= 0.3 is 0 Å². The molecule has 0 aliphatic carbocycles. The molecular weight excluding hydrogens is 412 g/mol. The quantitative estimate of drug-likeness (QED) is 0.653. The van der Waals surface area contributed by atoms with Crippen LogP contribution in [0.1, 0.15) is 12.0 Å². The van der Waals surface area contributed by atoms with Gasteiger partial charge in [-0.3, -0.25) is 4.79 Å². The Kier molecular flexibility index (Phi) is 6.34. The number of benzene rings is 1. The molecule has 0 N–H and O–H groups in total. The smallest absolute Gasteiger partial charge is 0.246 e. The average molecular weight is 433 g/mol. The molecule has 3 rings (SSSR count). The minimum Gasteiger partial charge on any atom is -0.493 e. The van der Waals surface area contributed by atoms with Crippen LogP contribution in [0.4, 0.5) is 0 Å². The van der Waals surface area contributed by atoms with Gasteiger partial charge in [-0.1, -0.05) is 6.07 Å². The number of amides is 1. The SMILES string of the molecule is COc1ccc(/C=C/C(=O)N2CC[C@H](Oc3ccc(Br)cn3)C2)cc1OC. The van der Waals surface area contributed by atoms with Gasteiger partial charge in [0.2, 0.25) is 11.8 Å². The van der Waals surface area contributed by atoms with E-state index < -0.39 is 0 Å². The van der Waals surface area contributed by atoms with Crippen LogP contribution in [0.3, 0.4) is 0 Å². The third-order valence-electron chi connectivity index (χ3n) is 4.27. The van der Waals surface area contributed by atoms with E-state index in [0.29, 0.717) is 30.5 Å². The van der Waals surface area contributed by atoms with Crippen molar-refractivity contribution in [2.75, 3.05) is 27.3 Å². The number of nitrogens with zero attached hydrogens (tertiary/aromatic N) is 2. The van der Waals surface area contributed by atoms with Gasteiger partial charge < -0.3 is 19.1 Å². The van der Waals surface area contributed by atoms with E-state index in [-0.39, 0.29) is 12.0 Å². The maximum atomic E-state index is 12.4. The lowest BCUT2D eigenvalue weighted by molar-refractivity contribution is -0.125. The molecule has 7 heteroatoms. The summed E-state index contributed by atoms with van der Waals surface area (Å²) in [7, 11) is 3.17. The van der Waals surface area contributed by atoms with E-state index in [1.807, 2.05) is 30.3 Å². The Bertz CT molecular complexity index is 823. The molecule has 1 aromatic carbocycles. The molecule has 2 aromatic rings. The molecule has 0 bridgehead atoms. The number of rotatable bonds is 6. The molecule has 1 aliphatic rings. The van der Waals surface area contributed by atoms with E-state index >= 15 is 0 Å². The Morgan fingerprint density at radius 3 is 2.74 bits per heavy atom. The molecule has 1 atom stereocenters. The maximum Gasteiger partial charge on any atom is 0.246 e. The van der Waals surface area contributed by atoms with Crippen LogP contribution in [0.25, 0.3) is 6.08 Å². The van der Waals surface area contributed by atoms with Gasteiger partial charge in [0, 0.05) is 35.8 Å². The monoisotopic (exact) mass is 432 g/mol. The number of hydrogen-bond donors (Lipinski definition) is 0. The topological polar surface area (TPSA) is 60.9 Å². The Hall–Kier alpha value is -2.54. The van der Waals surface area contributed by atoms with Crippen LogP contribution in [0.5, 0.6) is 17.4 Å². The van der Waals surface area contributed by atoms with Gasteiger partial charge in [0.05, 0.1) is 20.8 Å². The highest BCUT2D eigenvalue weighted by molar-refractivity contribution is 9.10. The maximum absolute atomic E-state index is 12.4. The molecular formula is C20H21BrN2O4. The van der Waals surface area contributed by atoms with Crippen LogP contribution in [0, 0.1) is 0 Å². The molecule has 0 spiro atoms. The summed E-state index contributed by atoms with van der Waals surface area (Å²) in [6.07, 6.45) is 5.78. The molecule has 1 fully saturated rings. The van der Waals surface area contributed by atoms with Crippen molar-refractivity contribution in [3.05, 3.63) is 52.6 Å². The molecule has 0 radical (unpaired) electrons. The van der Waals surface area contributed by atoms with Crippen molar-refractivity contribution < 1.29 is 19.0 Å². The molecule has 1 aliphatic heterocycles. The summed E-state index contributed by atoms with van der Waals surface area (Å²) in [6, 6.07) is 9.21. The first-order valence-electron chi connectivity index (χ1n) is 8.56. The summed E-state index contributed by atoms with van der Waals surface area (Å²) < 4.78 is 17.3. The zero-order valence-electron chi connectivity index (χ0n) is 15.2. The fourth-order valence-corrected chi connectivity index (χ4v) is 3.09. The van der Waals surface area contributed by atoms with Gasteiger partial charge in [0.1, 0.15) is 6.10 Å². The number of aromatic nitrogens is 1. The van der Waals surface area contributed by atoms with Crippen molar-refractivity contribution in [1.29, 1.82) is 0 Å². The largest absolute Gasteiger partial charge is 0.493 e. The van der Waals surface area contributed by atoms with E-state index in [4.69, 9.17) is 14.2 Å². The number of carbonyl (C=O) groups excluding carboxylic acids is 1. The number of halogens is 1. The zero-order valence-corrected chi connectivity index (χ0v) is 16.8. The van der Waals surface area contributed by atoms with Crippen molar-refractivity contribution in [3.63, 3.8) is 0 Å². The summed E-state index contributed by atoms with van der Waals surface area (Å²) >= 11 is 3.35. The van der Waals surface area contributed by atoms with Crippen molar-refractivity contribution in [2.24, 2.45) is 0 Å². The number of pyridine rings is 1. The van der Waals surface area contributed by atoms with Gasteiger partial charge in [-0.15, -0.1) is 0 Å². The molecule has 1 amide bonds. The number of hydrogen-bond acceptors (Lipinski definition) is 5. The number of likely N-dealkylation sites (tertiary alicyclic amines) is 1. The summed E-state index contributed by atoms with van der Waals surface area (Å²) in [5.41, 5.74) is 0.868. The normalized spacial score (nSPS) is 16.6. The summed E-state index contributed by atoms with van der Waals surface area (Å²) in [5.74, 6) is 1.81. The highest BCUT2D eigenvalue weighted by Gasteiger charge is 2.26. The lowest BCUT2D eigenvalue weighted by Crippen LogP contribution is -2.29. The standard InChI is InChI=1S/C20H21BrN2O4/c1-25-17-6-3-14(11-18(17)26-2)4-8-20(24)23-10-9-16(13-23)27-19-7-5-15(21)12-22-19/h3-8,11-12,16H,9-10,13H2,1-2H3/b8-4+/t16-/m0/s1. The van der Waals surface area contributed by atoms with Crippen molar-refractivity contribution in [2.45, 2.75) is 12.5 Å². The van der Waals surface area contributed by atoms with Crippen LogP contribution in [0.2, 0.25) is 0 Å². The number of ether oxygens (including phenoxy) is 3. The van der Waals surface area contributed by atoms with E-state index in [2.05, 4.69) is 20.9 Å². The Labute approximate surface area is 166 Å². The summed E-state index contributed by atoms with van der Waals surface area (Å²) in [4.78, 5) is 18.4. The van der Waals surface area contributed by atoms with E-state index in [1.165, 1.54) is 0 Å². The van der Waals surface area contributed by atoms with Crippen molar-refractivity contribution in [3.8, 4) is 17.4 Å². The lowest BCUT2D eigenvalue weighted by Gasteiger charge is -2.15. The van der Waals surface area contributed by atoms with Gasteiger partial charge in [0.25, 0.3) is 0 Å². The third kappa shape index (κ3) is 5.01. The average Bonchev–Trinajstić information content (AvgIpc) is 3.16. The second-order valence-electron chi connectivity index (χ2n) is 6.08. The van der Waals surface area contributed by atoms with Crippen LogP contribution in [-0.2, 0) is 4.79 Å². The van der Waals surface area contributed by atoms with E-state index in [0.717, 1.165) is 16.5 Å². The van der Waals surface area contributed by atoms with Crippen molar-refractivity contribution >= 4 is 27.9 Å². The Balaban J connectivity index is 1.57. The zero-order chi connectivity index (χ0) is 19.2. The molecule has 0 unspecified atom stereocenters. The second-order valence-corrected chi connectivity index (χ2v) is 6.99. The summed E-state index contributed by atoms with van der Waals surface area (Å²) in [5, 5.41) is 0. The molecule has 1 saturated heterocycles. The molecule has 6 nitrogen and oxygen atoms in total.